The first-order valence-corrected chi connectivity index (χ1v) is 8.42. The van der Waals surface area contributed by atoms with Crippen molar-refractivity contribution in [2.24, 2.45) is 5.10 Å². The van der Waals surface area contributed by atoms with E-state index < -0.39 is 0 Å². The van der Waals surface area contributed by atoms with E-state index in [0.717, 1.165) is 6.42 Å². The Hall–Kier alpha value is -1.000. The lowest BCUT2D eigenvalue weighted by Gasteiger charge is -2.16. The summed E-state index contributed by atoms with van der Waals surface area (Å²) in [7, 11) is 2.04. The molecule has 0 spiro atoms. The smallest absolute Gasteiger partial charge is 0.0776 e. The highest BCUT2D eigenvalue weighted by molar-refractivity contribution is 8.86. The largest absolute Gasteiger partial charge is 0.203 e. The van der Waals surface area contributed by atoms with Crippen LogP contribution in [0.4, 0.5) is 5.69 Å². The molecule has 1 aromatic rings. The number of hydrogen-bond donors (Lipinski definition) is 0. The molecule has 1 atom stereocenters. The average Bonchev–Trinajstić information content (AvgIpc) is 2.97. The van der Waals surface area contributed by atoms with Gasteiger partial charge in [-0.3, -0.25) is 0 Å². The van der Waals surface area contributed by atoms with Crippen LogP contribution < -0.4 is 4.41 Å². The number of anilines is 1. The summed E-state index contributed by atoms with van der Waals surface area (Å²) < 4.78 is 2.21. The Morgan fingerprint density at radius 1 is 1.18 bits per heavy atom. The zero-order chi connectivity index (χ0) is 11.2. The van der Waals surface area contributed by atoms with Gasteiger partial charge in [-0.2, -0.15) is 5.10 Å². The number of rotatable bonds is 1. The Morgan fingerprint density at radius 3 is 2.94 bits per heavy atom. The number of para-hydroxylation sites is 1. The van der Waals surface area contributed by atoms with E-state index in [1.807, 2.05) is 10.8 Å². The third-order valence-electron chi connectivity index (χ3n) is 3.22. The van der Waals surface area contributed by atoms with E-state index in [1.165, 1.54) is 29.1 Å². The quantitative estimate of drug-likeness (QED) is 0.561. The van der Waals surface area contributed by atoms with E-state index in [9.17, 15) is 0 Å². The molecule has 1 aromatic carbocycles. The summed E-state index contributed by atoms with van der Waals surface area (Å²) in [4.78, 5) is 1.53. The van der Waals surface area contributed by atoms with Crippen molar-refractivity contribution in [2.75, 3.05) is 4.41 Å². The van der Waals surface area contributed by atoms with Crippen molar-refractivity contribution >= 4 is 36.8 Å². The van der Waals surface area contributed by atoms with Crippen LogP contribution in [0.1, 0.15) is 19.3 Å². The van der Waals surface area contributed by atoms with Crippen LogP contribution in [0.25, 0.3) is 0 Å². The minimum Gasteiger partial charge on any atom is -0.203 e. The summed E-state index contributed by atoms with van der Waals surface area (Å²) in [6.07, 6.45) is 3.65. The lowest BCUT2D eigenvalue weighted by atomic mass is 9.94. The zero-order valence-corrected chi connectivity index (χ0v) is 10.9. The monoisotopic (exact) mass is 260 g/mol. The third-order valence-corrected chi connectivity index (χ3v) is 6.99. The fraction of sp³-hybridized carbons (Fsp3) is 0.231. The Bertz CT molecular complexity index is 572. The first kappa shape index (κ1) is 9.97. The zero-order valence-electron chi connectivity index (χ0n) is 9.30. The molecule has 4 heteroatoms. The summed E-state index contributed by atoms with van der Waals surface area (Å²) in [5.74, 6) is 0. The highest BCUT2D eigenvalue weighted by Gasteiger charge is 2.34. The van der Waals surface area contributed by atoms with E-state index in [1.54, 1.807) is 5.57 Å². The van der Waals surface area contributed by atoms with Gasteiger partial charge < -0.3 is 0 Å². The third kappa shape index (κ3) is 1.44. The van der Waals surface area contributed by atoms with Gasteiger partial charge in [0.1, 0.15) is 0 Å². The molecule has 0 amide bonds. The van der Waals surface area contributed by atoms with Gasteiger partial charge in [0, 0.05) is 9.70 Å². The van der Waals surface area contributed by atoms with Gasteiger partial charge in [0.25, 0.3) is 0 Å². The molecule has 17 heavy (non-hydrogen) atoms. The van der Waals surface area contributed by atoms with E-state index >= 15 is 0 Å². The second-order valence-corrected chi connectivity index (χ2v) is 7.53. The van der Waals surface area contributed by atoms with E-state index in [-0.39, 0.29) is 9.70 Å². The van der Waals surface area contributed by atoms with Crippen LogP contribution in [-0.2, 0) is 0 Å². The summed E-state index contributed by atoms with van der Waals surface area (Å²) in [6, 6.07) is 10.5. The Balaban J connectivity index is 1.82. The first-order valence-electron chi connectivity index (χ1n) is 5.84. The standard InChI is InChI=1S/C13H12N2S2/c1-2-6-11(7-3-1)15-14-12-8-4-5-10-9-16-17(15)13(10)12/h1-3,6-7,9H,4-5,8H2. The predicted molar refractivity (Wildman–Crippen MR) is 78.5 cm³/mol. The van der Waals surface area contributed by atoms with E-state index in [2.05, 4.69) is 40.2 Å². The van der Waals surface area contributed by atoms with Gasteiger partial charge >= 0.3 is 0 Å². The number of hydrogen-bond acceptors (Lipinski definition) is 3. The minimum absolute atomic E-state index is 0.105. The molecule has 0 aromatic heterocycles. The molecule has 2 heterocycles. The summed E-state index contributed by atoms with van der Waals surface area (Å²) in [5, 5.41) is 7.18. The van der Waals surface area contributed by atoms with Crippen LogP contribution >= 0.6 is 20.5 Å². The maximum absolute atomic E-state index is 4.83. The lowest BCUT2D eigenvalue weighted by molar-refractivity contribution is 0.866. The molecule has 0 bridgehead atoms. The van der Waals surface area contributed by atoms with Crippen molar-refractivity contribution in [1.82, 2.24) is 0 Å². The van der Waals surface area contributed by atoms with Crippen molar-refractivity contribution in [1.29, 1.82) is 0 Å². The molecule has 1 fully saturated rings. The molecule has 2 nitrogen and oxygen atoms in total. The number of benzene rings is 1. The molecule has 4 rings (SSSR count). The van der Waals surface area contributed by atoms with Gasteiger partial charge in [-0.15, -0.1) is 0 Å². The molecule has 86 valence electrons. The Morgan fingerprint density at radius 2 is 2.06 bits per heavy atom. The molecule has 2 aliphatic heterocycles. The van der Waals surface area contributed by atoms with Gasteiger partial charge in [-0.25, -0.2) is 4.41 Å². The Kier molecular flexibility index (Phi) is 2.20. The van der Waals surface area contributed by atoms with Gasteiger partial charge in [0.15, 0.2) is 0 Å². The van der Waals surface area contributed by atoms with Gasteiger partial charge in [0.05, 0.1) is 16.3 Å². The van der Waals surface area contributed by atoms with Crippen LogP contribution in [0.3, 0.4) is 0 Å². The van der Waals surface area contributed by atoms with E-state index in [0.29, 0.717) is 0 Å². The van der Waals surface area contributed by atoms with Gasteiger partial charge in [-0.1, -0.05) is 18.2 Å². The van der Waals surface area contributed by atoms with E-state index in [4.69, 9.17) is 5.10 Å². The SMILES string of the molecule is C1=C2CCCC3=NN(c4ccccc4)S(=C23)S1. The predicted octanol–water partition coefficient (Wildman–Crippen LogP) is 3.95. The molecule has 0 radical (unpaired) electrons. The highest BCUT2D eigenvalue weighted by Crippen LogP contribution is 2.52. The molecule has 1 unspecified atom stereocenters. The summed E-state index contributed by atoms with van der Waals surface area (Å²) in [5.41, 5.74) is 4.09. The fourth-order valence-corrected chi connectivity index (χ4v) is 6.62. The normalized spacial score (nSPS) is 25.8. The number of allylic oxidation sites excluding steroid dienone is 1. The molecule has 1 aliphatic carbocycles. The topological polar surface area (TPSA) is 15.6 Å². The number of nitrogens with zero attached hydrogens (tertiary/aromatic N) is 2. The second-order valence-electron chi connectivity index (χ2n) is 4.33. The van der Waals surface area contributed by atoms with Crippen LogP contribution in [0.15, 0.2) is 46.4 Å². The molecule has 0 N–H and O–H groups in total. The molecular formula is C13H12N2S2. The maximum atomic E-state index is 4.83. The fourth-order valence-electron chi connectivity index (χ4n) is 2.41. The first-order chi connectivity index (χ1) is 8.43. The number of hydrazone groups is 1. The van der Waals surface area contributed by atoms with Crippen molar-refractivity contribution in [3.8, 4) is 0 Å². The van der Waals surface area contributed by atoms with Crippen molar-refractivity contribution in [3.05, 3.63) is 41.3 Å². The second kappa shape index (κ2) is 3.75. The maximum Gasteiger partial charge on any atom is 0.0776 e. The van der Waals surface area contributed by atoms with Gasteiger partial charge in [-0.05, 0) is 53.2 Å². The van der Waals surface area contributed by atoms with Crippen LogP contribution in [0.5, 0.6) is 0 Å². The van der Waals surface area contributed by atoms with Crippen LogP contribution in [-0.4, -0.2) is 10.6 Å². The summed E-state index contributed by atoms with van der Waals surface area (Å²) >= 11 is 0. The van der Waals surface area contributed by atoms with Crippen molar-refractivity contribution in [2.45, 2.75) is 19.3 Å². The molecule has 3 aliphatic rings. The van der Waals surface area contributed by atoms with Crippen molar-refractivity contribution in [3.63, 3.8) is 0 Å². The van der Waals surface area contributed by atoms with Crippen LogP contribution in [0, 0.1) is 0 Å². The van der Waals surface area contributed by atoms with Gasteiger partial charge in [0.2, 0.25) is 0 Å². The summed E-state index contributed by atoms with van der Waals surface area (Å²) in [6.45, 7) is 0. The van der Waals surface area contributed by atoms with Crippen LogP contribution in [0.2, 0.25) is 0 Å². The van der Waals surface area contributed by atoms with Crippen molar-refractivity contribution < 1.29 is 0 Å². The lowest BCUT2D eigenvalue weighted by Crippen LogP contribution is -2.17. The Labute approximate surface area is 107 Å². The minimum atomic E-state index is 0.105. The molecular weight excluding hydrogens is 248 g/mol. The molecule has 0 saturated heterocycles. The molecule has 1 saturated carbocycles. The highest BCUT2D eigenvalue weighted by atomic mass is 33.1. The average molecular weight is 260 g/mol.